The molecule has 0 aliphatic carbocycles. The molecule has 1 aliphatic rings. The van der Waals surface area contributed by atoms with Crippen LogP contribution in [0.5, 0.6) is 5.75 Å². The molecule has 0 saturated carbocycles. The number of sulfonamides is 1. The summed E-state index contributed by atoms with van der Waals surface area (Å²) in [6.07, 6.45) is 1.24. The first-order valence-corrected chi connectivity index (χ1v) is 11.8. The first-order valence-electron chi connectivity index (χ1n) is 10.4. The van der Waals surface area contributed by atoms with Gasteiger partial charge in [-0.2, -0.15) is 4.31 Å². The maximum absolute atomic E-state index is 13.2. The average Bonchev–Trinajstić information content (AvgIpc) is 2.82. The third kappa shape index (κ3) is 4.68. The fourth-order valence-electron chi connectivity index (χ4n) is 3.93. The highest BCUT2D eigenvalue weighted by molar-refractivity contribution is 7.89. The highest BCUT2D eigenvalue weighted by Crippen LogP contribution is 2.26. The molecule has 1 amide bonds. The van der Waals surface area contributed by atoms with Crippen molar-refractivity contribution in [1.82, 2.24) is 14.6 Å². The van der Waals surface area contributed by atoms with E-state index < -0.39 is 15.9 Å². The second-order valence-corrected chi connectivity index (χ2v) is 9.78. The summed E-state index contributed by atoms with van der Waals surface area (Å²) in [7, 11) is -2.17. The Balaban J connectivity index is 1.46. The minimum atomic E-state index is -3.76. The third-order valence-electron chi connectivity index (χ3n) is 5.69. The smallest absolute Gasteiger partial charge is 0.248 e. The molecule has 4 rings (SSSR count). The van der Waals surface area contributed by atoms with Gasteiger partial charge < -0.3 is 15.0 Å². The van der Waals surface area contributed by atoms with Gasteiger partial charge in [0.15, 0.2) is 0 Å². The molecule has 2 aromatic carbocycles. The highest BCUT2D eigenvalue weighted by atomic mass is 32.2. The molecule has 32 heavy (non-hydrogen) atoms. The maximum atomic E-state index is 13.2. The van der Waals surface area contributed by atoms with E-state index in [0.717, 1.165) is 5.56 Å². The van der Waals surface area contributed by atoms with E-state index in [1.165, 1.54) is 16.4 Å². The SMILES string of the molecule is COc1cccc(CNC(=O)[C@@H]2CCCN(S(=O)(=O)c3ccc4[nH]c(=O)ccc4c3)C2)c1. The van der Waals surface area contributed by atoms with Crippen molar-refractivity contribution in [3.05, 3.63) is 70.5 Å². The molecule has 2 heterocycles. The van der Waals surface area contributed by atoms with Crippen LogP contribution in [0.4, 0.5) is 0 Å². The molecule has 1 aromatic heterocycles. The number of pyridine rings is 1. The number of nitrogens with zero attached hydrogens (tertiary/aromatic N) is 1. The van der Waals surface area contributed by atoms with E-state index in [1.54, 1.807) is 25.3 Å². The lowest BCUT2D eigenvalue weighted by atomic mass is 9.99. The second kappa shape index (κ2) is 9.13. The van der Waals surface area contributed by atoms with Gasteiger partial charge in [-0.05, 0) is 60.2 Å². The zero-order chi connectivity index (χ0) is 22.7. The van der Waals surface area contributed by atoms with Gasteiger partial charge in [0.1, 0.15) is 5.75 Å². The standard InChI is InChI=1S/C23H25N3O5S/c1-31-19-6-2-4-16(12-19)14-24-23(28)18-5-3-11-26(15-18)32(29,30)20-8-9-21-17(13-20)7-10-22(27)25-21/h2,4,6-10,12-13,18H,3,5,11,14-15H2,1H3,(H,24,28)(H,25,27)/t18-/m1/s1. The van der Waals surface area contributed by atoms with Crippen molar-refractivity contribution >= 4 is 26.8 Å². The summed E-state index contributed by atoms with van der Waals surface area (Å²) in [4.78, 5) is 27.0. The molecule has 0 bridgehead atoms. The topological polar surface area (TPSA) is 109 Å². The Morgan fingerprint density at radius 1 is 1.19 bits per heavy atom. The maximum Gasteiger partial charge on any atom is 0.248 e. The highest BCUT2D eigenvalue weighted by Gasteiger charge is 2.33. The molecule has 0 unspecified atom stereocenters. The monoisotopic (exact) mass is 455 g/mol. The Hall–Kier alpha value is -3.17. The van der Waals surface area contributed by atoms with Crippen LogP contribution >= 0.6 is 0 Å². The minimum absolute atomic E-state index is 0.135. The molecule has 168 valence electrons. The number of hydrogen-bond acceptors (Lipinski definition) is 5. The van der Waals surface area contributed by atoms with Crippen LogP contribution in [0.15, 0.2) is 64.3 Å². The van der Waals surface area contributed by atoms with Crippen molar-refractivity contribution < 1.29 is 17.9 Å². The van der Waals surface area contributed by atoms with E-state index in [0.29, 0.717) is 42.6 Å². The van der Waals surface area contributed by atoms with Gasteiger partial charge in [0.2, 0.25) is 21.5 Å². The predicted molar refractivity (Wildman–Crippen MR) is 121 cm³/mol. The van der Waals surface area contributed by atoms with Crippen molar-refractivity contribution in [2.24, 2.45) is 5.92 Å². The number of aromatic nitrogens is 1. The van der Waals surface area contributed by atoms with Crippen molar-refractivity contribution in [3.63, 3.8) is 0 Å². The summed E-state index contributed by atoms with van der Waals surface area (Å²) < 4.78 is 33.0. The van der Waals surface area contributed by atoms with E-state index >= 15 is 0 Å². The van der Waals surface area contributed by atoms with E-state index in [4.69, 9.17) is 4.74 Å². The number of benzene rings is 2. The van der Waals surface area contributed by atoms with Gasteiger partial charge in [-0.1, -0.05) is 12.1 Å². The molecule has 1 fully saturated rings. The fraction of sp³-hybridized carbons (Fsp3) is 0.304. The number of carbonyl (C=O) groups is 1. The zero-order valence-corrected chi connectivity index (χ0v) is 18.5. The largest absolute Gasteiger partial charge is 0.497 e. The number of amides is 1. The molecule has 0 radical (unpaired) electrons. The number of nitrogens with one attached hydrogen (secondary N) is 2. The van der Waals surface area contributed by atoms with E-state index in [1.807, 2.05) is 24.3 Å². The summed E-state index contributed by atoms with van der Waals surface area (Å²) in [6, 6.07) is 15.0. The normalized spacial score (nSPS) is 17.2. The molecule has 8 nitrogen and oxygen atoms in total. The summed E-state index contributed by atoms with van der Waals surface area (Å²) in [5.74, 6) is 0.135. The molecule has 1 aliphatic heterocycles. The Morgan fingerprint density at radius 2 is 2.03 bits per heavy atom. The van der Waals surface area contributed by atoms with E-state index in [-0.39, 0.29) is 22.9 Å². The van der Waals surface area contributed by atoms with Gasteiger partial charge in [-0.15, -0.1) is 0 Å². The first-order chi connectivity index (χ1) is 15.4. The quantitative estimate of drug-likeness (QED) is 0.593. The number of fused-ring (bicyclic) bond motifs is 1. The van der Waals surface area contributed by atoms with Crippen LogP contribution in [-0.2, 0) is 21.4 Å². The van der Waals surface area contributed by atoms with Gasteiger partial charge in [-0.3, -0.25) is 9.59 Å². The van der Waals surface area contributed by atoms with E-state index in [9.17, 15) is 18.0 Å². The minimum Gasteiger partial charge on any atom is -0.497 e. The molecule has 0 spiro atoms. The molecule has 1 atom stereocenters. The van der Waals surface area contributed by atoms with Crippen LogP contribution < -0.4 is 15.6 Å². The molecule has 1 saturated heterocycles. The van der Waals surface area contributed by atoms with Crippen LogP contribution in [0.25, 0.3) is 10.9 Å². The number of rotatable bonds is 6. The Morgan fingerprint density at radius 3 is 2.84 bits per heavy atom. The van der Waals surface area contributed by atoms with Crippen LogP contribution in [0.2, 0.25) is 0 Å². The molecule has 9 heteroatoms. The average molecular weight is 456 g/mol. The van der Waals surface area contributed by atoms with Crippen LogP contribution in [0.3, 0.4) is 0 Å². The molecular weight excluding hydrogens is 430 g/mol. The summed E-state index contributed by atoms with van der Waals surface area (Å²) in [5.41, 5.74) is 1.24. The van der Waals surface area contributed by atoms with Crippen molar-refractivity contribution in [2.45, 2.75) is 24.3 Å². The number of aromatic amines is 1. The van der Waals surface area contributed by atoms with Crippen LogP contribution in [0.1, 0.15) is 18.4 Å². The lowest BCUT2D eigenvalue weighted by molar-refractivity contribution is -0.126. The van der Waals surface area contributed by atoms with Gasteiger partial charge in [-0.25, -0.2) is 8.42 Å². The van der Waals surface area contributed by atoms with Crippen molar-refractivity contribution in [2.75, 3.05) is 20.2 Å². The molecule has 2 N–H and O–H groups in total. The number of methoxy groups -OCH3 is 1. The number of carbonyl (C=O) groups excluding carboxylic acids is 1. The van der Waals surface area contributed by atoms with Gasteiger partial charge in [0, 0.05) is 31.2 Å². The number of hydrogen-bond donors (Lipinski definition) is 2. The Labute approximate surface area is 186 Å². The van der Waals surface area contributed by atoms with Crippen molar-refractivity contribution in [3.8, 4) is 5.75 Å². The van der Waals surface area contributed by atoms with Crippen molar-refractivity contribution in [1.29, 1.82) is 0 Å². The Kier molecular flexibility index (Phi) is 6.29. The lowest BCUT2D eigenvalue weighted by Gasteiger charge is -2.31. The van der Waals surface area contributed by atoms with Gasteiger partial charge in [0.25, 0.3) is 0 Å². The Bertz CT molecular complexity index is 1300. The predicted octanol–water partition coefficient (Wildman–Crippen LogP) is 2.25. The van der Waals surface area contributed by atoms with Crippen LogP contribution in [-0.4, -0.2) is 43.8 Å². The van der Waals surface area contributed by atoms with Crippen LogP contribution in [0, 0.1) is 5.92 Å². The number of H-pyrrole nitrogens is 1. The number of ether oxygens (including phenoxy) is 1. The lowest BCUT2D eigenvalue weighted by Crippen LogP contribution is -2.45. The molecular formula is C23H25N3O5S. The fourth-order valence-corrected chi connectivity index (χ4v) is 5.49. The summed E-state index contributed by atoms with van der Waals surface area (Å²) in [6.45, 7) is 0.851. The molecule has 3 aromatic rings. The van der Waals surface area contributed by atoms with Gasteiger partial charge in [0.05, 0.1) is 17.9 Å². The van der Waals surface area contributed by atoms with Gasteiger partial charge >= 0.3 is 0 Å². The number of piperidine rings is 1. The first kappa shape index (κ1) is 22.0. The third-order valence-corrected chi connectivity index (χ3v) is 7.55. The summed E-state index contributed by atoms with van der Waals surface area (Å²) in [5, 5.41) is 3.55. The zero-order valence-electron chi connectivity index (χ0n) is 17.7. The summed E-state index contributed by atoms with van der Waals surface area (Å²) >= 11 is 0. The van der Waals surface area contributed by atoms with E-state index in [2.05, 4.69) is 10.3 Å². The second-order valence-electron chi connectivity index (χ2n) is 7.84.